The third-order valence-corrected chi connectivity index (χ3v) is 2.50. The Hall–Kier alpha value is -0.870. The van der Waals surface area contributed by atoms with Gasteiger partial charge >= 0.3 is 6.61 Å². The maximum atomic E-state index is 12.2. The summed E-state index contributed by atoms with van der Waals surface area (Å²) in [5.74, 6) is 0.174. The van der Waals surface area contributed by atoms with Crippen molar-refractivity contribution in [2.75, 3.05) is 6.54 Å². The van der Waals surface area contributed by atoms with Crippen LogP contribution in [0, 0.1) is 0 Å². The maximum Gasteiger partial charge on any atom is 0.387 e. The Balaban J connectivity index is 2.63. The van der Waals surface area contributed by atoms with E-state index in [1.54, 1.807) is 6.07 Å². The topological polar surface area (TPSA) is 21.3 Å². The van der Waals surface area contributed by atoms with Gasteiger partial charge in [-0.3, -0.25) is 0 Å². The summed E-state index contributed by atoms with van der Waals surface area (Å²) in [5.41, 5.74) is 0.647. The number of rotatable bonds is 7. The number of alkyl halides is 2. The first kappa shape index (κ1) is 14.2. The zero-order chi connectivity index (χ0) is 12.7. The zero-order valence-electron chi connectivity index (χ0n) is 9.68. The van der Waals surface area contributed by atoms with Gasteiger partial charge in [-0.2, -0.15) is 8.78 Å². The summed E-state index contributed by atoms with van der Waals surface area (Å²) < 4.78 is 28.8. The lowest BCUT2D eigenvalue weighted by atomic mass is 10.2. The number of halogens is 3. The Morgan fingerprint density at radius 2 is 2.18 bits per heavy atom. The summed E-state index contributed by atoms with van der Waals surface area (Å²) in [6.45, 7) is 0.595. The highest BCUT2D eigenvalue weighted by molar-refractivity contribution is 6.30. The summed E-state index contributed by atoms with van der Waals surface area (Å²) in [6, 6.07) is 4.64. The van der Waals surface area contributed by atoms with Crippen LogP contribution in [0.3, 0.4) is 0 Å². The van der Waals surface area contributed by atoms with Crippen molar-refractivity contribution in [2.45, 2.75) is 32.9 Å². The molecule has 0 saturated heterocycles. The van der Waals surface area contributed by atoms with Gasteiger partial charge < -0.3 is 10.1 Å². The van der Waals surface area contributed by atoms with Gasteiger partial charge in [0.1, 0.15) is 5.75 Å². The van der Waals surface area contributed by atoms with E-state index < -0.39 is 6.61 Å². The van der Waals surface area contributed by atoms with Crippen molar-refractivity contribution in [2.24, 2.45) is 0 Å². The van der Waals surface area contributed by atoms with Crippen molar-refractivity contribution in [3.63, 3.8) is 0 Å². The van der Waals surface area contributed by atoms with Crippen LogP contribution in [-0.4, -0.2) is 13.2 Å². The minimum atomic E-state index is -2.81. The highest BCUT2D eigenvalue weighted by Crippen LogP contribution is 2.24. The van der Waals surface area contributed by atoms with Gasteiger partial charge in [-0.1, -0.05) is 24.9 Å². The molecule has 2 nitrogen and oxygen atoms in total. The number of benzene rings is 1. The molecule has 96 valence electrons. The SMILES string of the molecule is CCCCNCc1cc(Cl)ccc1OC(F)F. The number of ether oxygens (including phenoxy) is 1. The van der Waals surface area contributed by atoms with Crippen LogP contribution >= 0.6 is 11.6 Å². The van der Waals surface area contributed by atoms with Crippen LogP contribution in [-0.2, 0) is 6.54 Å². The second-order valence-electron chi connectivity index (χ2n) is 3.66. The molecule has 0 aliphatic carbocycles. The second kappa shape index (κ2) is 7.45. The molecule has 1 aromatic carbocycles. The molecule has 0 heterocycles. The number of hydrogen-bond acceptors (Lipinski definition) is 2. The quantitative estimate of drug-likeness (QED) is 0.755. The van der Waals surface area contributed by atoms with Gasteiger partial charge in [0.15, 0.2) is 0 Å². The highest BCUT2D eigenvalue weighted by atomic mass is 35.5. The average Bonchev–Trinajstić information content (AvgIpc) is 2.27. The minimum Gasteiger partial charge on any atom is -0.434 e. The van der Waals surface area contributed by atoms with Crippen LogP contribution in [0.1, 0.15) is 25.3 Å². The molecule has 0 aromatic heterocycles. The van der Waals surface area contributed by atoms with E-state index in [0.717, 1.165) is 19.4 Å². The van der Waals surface area contributed by atoms with Crippen LogP contribution in [0.4, 0.5) is 8.78 Å². The highest BCUT2D eigenvalue weighted by Gasteiger charge is 2.09. The molecule has 0 radical (unpaired) electrons. The summed E-state index contributed by atoms with van der Waals surface area (Å²) in [5, 5.41) is 3.67. The normalized spacial score (nSPS) is 10.9. The maximum absolute atomic E-state index is 12.2. The zero-order valence-corrected chi connectivity index (χ0v) is 10.4. The molecule has 0 bridgehead atoms. The largest absolute Gasteiger partial charge is 0.434 e. The van der Waals surface area contributed by atoms with Crippen LogP contribution in [0.5, 0.6) is 5.75 Å². The molecule has 0 unspecified atom stereocenters. The molecule has 0 spiro atoms. The van der Waals surface area contributed by atoms with Crippen molar-refractivity contribution in [3.05, 3.63) is 28.8 Å². The van der Waals surface area contributed by atoms with E-state index in [-0.39, 0.29) is 5.75 Å². The van der Waals surface area contributed by atoms with Crippen molar-refractivity contribution >= 4 is 11.6 Å². The first-order chi connectivity index (χ1) is 8.13. The molecule has 0 aliphatic rings. The molecule has 17 heavy (non-hydrogen) atoms. The van der Waals surface area contributed by atoms with E-state index >= 15 is 0 Å². The predicted octanol–water partition coefficient (Wildman–Crippen LogP) is 3.83. The van der Waals surface area contributed by atoms with Crippen LogP contribution in [0.15, 0.2) is 18.2 Å². The smallest absolute Gasteiger partial charge is 0.387 e. The van der Waals surface area contributed by atoms with Gasteiger partial charge in [0.05, 0.1) is 0 Å². The standard InChI is InChI=1S/C12H16ClF2NO/c1-2-3-6-16-8-9-7-10(13)4-5-11(9)17-12(14)15/h4-5,7,12,16H,2-3,6,8H2,1H3. The number of hydrogen-bond donors (Lipinski definition) is 1. The van der Waals surface area contributed by atoms with Crippen molar-refractivity contribution in [1.82, 2.24) is 5.32 Å². The van der Waals surface area contributed by atoms with E-state index in [9.17, 15) is 8.78 Å². The first-order valence-corrected chi connectivity index (χ1v) is 5.95. The van der Waals surface area contributed by atoms with Gasteiger partial charge in [-0.25, -0.2) is 0 Å². The molecule has 0 aliphatic heterocycles. The third-order valence-electron chi connectivity index (χ3n) is 2.26. The van der Waals surface area contributed by atoms with Crippen molar-refractivity contribution < 1.29 is 13.5 Å². The fraction of sp³-hybridized carbons (Fsp3) is 0.500. The van der Waals surface area contributed by atoms with Gasteiger partial charge in [0, 0.05) is 17.1 Å². The van der Waals surface area contributed by atoms with Crippen LogP contribution < -0.4 is 10.1 Å². The summed E-state index contributed by atoms with van der Waals surface area (Å²) in [6.07, 6.45) is 2.13. The second-order valence-corrected chi connectivity index (χ2v) is 4.10. The van der Waals surface area contributed by atoms with E-state index in [2.05, 4.69) is 17.0 Å². The Kier molecular flexibility index (Phi) is 6.22. The van der Waals surface area contributed by atoms with Gasteiger partial charge in [0.2, 0.25) is 0 Å². The van der Waals surface area contributed by atoms with Crippen molar-refractivity contribution in [1.29, 1.82) is 0 Å². The first-order valence-electron chi connectivity index (χ1n) is 5.57. The molecular formula is C12H16ClF2NO. The fourth-order valence-electron chi connectivity index (χ4n) is 1.42. The summed E-state index contributed by atoms with van der Waals surface area (Å²) in [4.78, 5) is 0. The number of nitrogens with one attached hydrogen (secondary N) is 1. The lowest BCUT2D eigenvalue weighted by Gasteiger charge is -2.11. The van der Waals surface area contributed by atoms with Crippen LogP contribution in [0.2, 0.25) is 5.02 Å². The van der Waals surface area contributed by atoms with Gasteiger partial charge in [-0.05, 0) is 31.2 Å². The average molecular weight is 264 g/mol. The molecule has 0 amide bonds. The Morgan fingerprint density at radius 3 is 2.82 bits per heavy atom. The predicted molar refractivity (Wildman–Crippen MR) is 64.7 cm³/mol. The van der Waals surface area contributed by atoms with Gasteiger partial charge in [-0.15, -0.1) is 0 Å². The van der Waals surface area contributed by atoms with Gasteiger partial charge in [0.25, 0.3) is 0 Å². The Labute approximate surface area is 105 Å². The Morgan fingerprint density at radius 1 is 1.41 bits per heavy atom. The van der Waals surface area contributed by atoms with Crippen LogP contribution in [0.25, 0.3) is 0 Å². The minimum absolute atomic E-state index is 0.174. The molecule has 5 heteroatoms. The summed E-state index contributed by atoms with van der Waals surface area (Å²) >= 11 is 5.82. The molecule has 1 aromatic rings. The van der Waals surface area contributed by atoms with E-state index in [0.29, 0.717) is 17.1 Å². The molecule has 1 N–H and O–H groups in total. The lowest BCUT2D eigenvalue weighted by Crippen LogP contribution is -2.16. The molecular weight excluding hydrogens is 248 g/mol. The van der Waals surface area contributed by atoms with E-state index in [1.807, 2.05) is 0 Å². The Bertz CT molecular complexity index is 347. The fourth-order valence-corrected chi connectivity index (χ4v) is 1.62. The van der Waals surface area contributed by atoms with E-state index in [4.69, 9.17) is 11.6 Å². The summed E-state index contributed by atoms with van der Waals surface area (Å²) in [7, 11) is 0. The number of unbranched alkanes of at least 4 members (excludes halogenated alkanes) is 1. The monoisotopic (exact) mass is 263 g/mol. The van der Waals surface area contributed by atoms with E-state index in [1.165, 1.54) is 12.1 Å². The molecule has 1 rings (SSSR count). The lowest BCUT2D eigenvalue weighted by molar-refractivity contribution is -0.0504. The third kappa shape index (κ3) is 5.33. The molecule has 0 fully saturated rings. The molecule has 0 atom stereocenters. The molecule has 0 saturated carbocycles. The van der Waals surface area contributed by atoms with Crippen molar-refractivity contribution in [3.8, 4) is 5.75 Å².